The summed E-state index contributed by atoms with van der Waals surface area (Å²) in [5.41, 5.74) is -1.02. The number of nitrogens with zero attached hydrogens (tertiary/aromatic N) is 3. The van der Waals surface area contributed by atoms with E-state index in [2.05, 4.69) is 4.98 Å². The summed E-state index contributed by atoms with van der Waals surface area (Å²) in [7, 11) is 1.23. The summed E-state index contributed by atoms with van der Waals surface area (Å²) in [5.74, 6) is -1.66. The molecule has 0 spiro atoms. The molecular weight excluding hydrogens is 362 g/mol. The van der Waals surface area contributed by atoms with Crippen LogP contribution in [0, 0.1) is 10.1 Å². The summed E-state index contributed by atoms with van der Waals surface area (Å²) in [4.78, 5) is 39.3. The first-order chi connectivity index (χ1) is 12.4. The highest BCUT2D eigenvalue weighted by Gasteiger charge is 2.26. The Morgan fingerprint density at radius 2 is 2.12 bits per heavy atom. The number of para-hydroxylation sites is 1. The molecule has 10 heteroatoms. The van der Waals surface area contributed by atoms with Crippen LogP contribution in [0.2, 0.25) is 0 Å². The van der Waals surface area contributed by atoms with E-state index in [1.165, 1.54) is 11.5 Å². The van der Waals surface area contributed by atoms with E-state index >= 15 is 0 Å². The quantitative estimate of drug-likeness (QED) is 0.433. The summed E-state index contributed by atoms with van der Waals surface area (Å²) in [6, 6.07) is 8.11. The molecule has 0 unspecified atom stereocenters. The maximum absolute atomic E-state index is 12.7. The van der Waals surface area contributed by atoms with Gasteiger partial charge in [-0.2, -0.15) is 4.98 Å². The maximum Gasteiger partial charge on any atom is 0.342 e. The highest BCUT2D eigenvalue weighted by molar-refractivity contribution is 7.24. The van der Waals surface area contributed by atoms with Gasteiger partial charge in [0.05, 0.1) is 27.6 Å². The molecule has 26 heavy (non-hydrogen) atoms. The Hall–Kier alpha value is -3.53. The van der Waals surface area contributed by atoms with Gasteiger partial charge >= 0.3 is 11.7 Å². The van der Waals surface area contributed by atoms with Crippen LogP contribution in [0.4, 0.5) is 5.69 Å². The molecule has 0 amide bonds. The number of thiazole rings is 1. The van der Waals surface area contributed by atoms with Crippen LogP contribution >= 0.6 is 11.3 Å². The number of hydrogen-bond acceptors (Lipinski definition) is 7. The number of aromatic carboxylic acids is 1. The molecule has 3 heterocycles. The molecule has 1 N–H and O–H groups in total. The Morgan fingerprint density at radius 1 is 1.38 bits per heavy atom. The van der Waals surface area contributed by atoms with Gasteiger partial charge in [0.25, 0.3) is 5.88 Å². The number of aromatic nitrogens is 2. The van der Waals surface area contributed by atoms with E-state index in [4.69, 9.17) is 4.74 Å². The normalized spacial score (nSPS) is 11.3. The van der Waals surface area contributed by atoms with Crippen molar-refractivity contribution < 1.29 is 19.6 Å². The van der Waals surface area contributed by atoms with Crippen molar-refractivity contribution in [2.24, 2.45) is 0 Å². The molecule has 1 aromatic carbocycles. The standard InChI is InChI=1S/C16H9N3O6S/c1-25-14-9(19(23)24)6-7-12(20)11(16(21)22)15-18(13(7)17-14)8-4-2-3-5-10(8)26-15/h2-6H,1H3,(H,21,22). The zero-order chi connectivity index (χ0) is 18.6. The Morgan fingerprint density at radius 3 is 2.77 bits per heavy atom. The number of carbonyl (C=O) groups is 1. The van der Waals surface area contributed by atoms with E-state index in [-0.39, 0.29) is 21.7 Å². The third kappa shape index (κ3) is 2.05. The van der Waals surface area contributed by atoms with Crippen molar-refractivity contribution in [1.82, 2.24) is 9.38 Å². The number of fused-ring (bicyclic) bond motifs is 5. The molecule has 0 saturated heterocycles. The second-order valence-corrected chi connectivity index (χ2v) is 6.40. The molecule has 0 aliphatic rings. The van der Waals surface area contributed by atoms with Gasteiger partial charge in [-0.25, -0.2) is 4.79 Å². The zero-order valence-corrected chi connectivity index (χ0v) is 13.9. The minimum atomic E-state index is -1.40. The Kier molecular flexibility index (Phi) is 3.37. The average Bonchev–Trinajstić information content (AvgIpc) is 2.99. The minimum Gasteiger partial charge on any atom is -0.477 e. The van der Waals surface area contributed by atoms with Crippen molar-refractivity contribution in [2.75, 3.05) is 7.11 Å². The van der Waals surface area contributed by atoms with Crippen LogP contribution in [-0.4, -0.2) is 32.5 Å². The number of benzene rings is 1. The first-order valence-electron chi connectivity index (χ1n) is 7.26. The molecule has 0 saturated carbocycles. The van der Waals surface area contributed by atoms with Gasteiger partial charge in [-0.15, -0.1) is 11.3 Å². The zero-order valence-electron chi connectivity index (χ0n) is 13.1. The largest absolute Gasteiger partial charge is 0.477 e. The van der Waals surface area contributed by atoms with E-state index in [9.17, 15) is 24.8 Å². The lowest BCUT2D eigenvalue weighted by molar-refractivity contribution is -0.386. The Labute approximate surface area is 147 Å². The molecule has 130 valence electrons. The molecule has 0 fully saturated rings. The van der Waals surface area contributed by atoms with E-state index in [0.29, 0.717) is 5.52 Å². The van der Waals surface area contributed by atoms with Crippen molar-refractivity contribution in [2.45, 2.75) is 0 Å². The predicted molar refractivity (Wildman–Crippen MR) is 94.5 cm³/mol. The van der Waals surface area contributed by atoms with Crippen LogP contribution in [0.3, 0.4) is 0 Å². The van der Waals surface area contributed by atoms with Gasteiger partial charge in [-0.3, -0.25) is 19.3 Å². The monoisotopic (exact) mass is 371 g/mol. The second-order valence-electron chi connectivity index (χ2n) is 5.36. The summed E-state index contributed by atoms with van der Waals surface area (Å²) in [6.45, 7) is 0. The number of carboxylic acid groups (broad SMARTS) is 1. The van der Waals surface area contributed by atoms with Crippen LogP contribution in [-0.2, 0) is 0 Å². The van der Waals surface area contributed by atoms with Gasteiger partial charge in [0.1, 0.15) is 10.4 Å². The molecule has 0 atom stereocenters. The number of hydrogen-bond donors (Lipinski definition) is 1. The Bertz CT molecular complexity index is 1310. The Balaban J connectivity index is 2.36. The summed E-state index contributed by atoms with van der Waals surface area (Å²) in [6.07, 6.45) is 0. The van der Waals surface area contributed by atoms with Crippen LogP contribution in [0.25, 0.3) is 26.1 Å². The first-order valence-corrected chi connectivity index (χ1v) is 8.08. The highest BCUT2D eigenvalue weighted by Crippen LogP contribution is 2.33. The second kappa shape index (κ2) is 5.49. The van der Waals surface area contributed by atoms with Crippen molar-refractivity contribution in [3.63, 3.8) is 0 Å². The van der Waals surface area contributed by atoms with E-state index < -0.39 is 27.6 Å². The molecule has 0 aliphatic heterocycles. The third-order valence-corrected chi connectivity index (χ3v) is 5.11. The average molecular weight is 371 g/mol. The van der Waals surface area contributed by atoms with Gasteiger partial charge in [0, 0.05) is 6.07 Å². The summed E-state index contributed by atoms with van der Waals surface area (Å²) >= 11 is 1.14. The topological polar surface area (TPSA) is 124 Å². The fraction of sp³-hybridized carbons (Fsp3) is 0.0625. The lowest BCUT2D eigenvalue weighted by Crippen LogP contribution is -2.18. The van der Waals surface area contributed by atoms with Crippen molar-refractivity contribution in [3.8, 4) is 5.88 Å². The third-order valence-electron chi connectivity index (χ3n) is 3.97. The van der Waals surface area contributed by atoms with Crippen LogP contribution in [0.15, 0.2) is 35.1 Å². The molecule has 0 aliphatic carbocycles. The number of methoxy groups -OCH3 is 1. The van der Waals surface area contributed by atoms with Gasteiger partial charge in [0.2, 0.25) is 5.43 Å². The number of ether oxygens (including phenoxy) is 1. The van der Waals surface area contributed by atoms with Gasteiger partial charge in [-0.05, 0) is 12.1 Å². The van der Waals surface area contributed by atoms with Gasteiger partial charge < -0.3 is 9.84 Å². The van der Waals surface area contributed by atoms with Gasteiger partial charge in [0.15, 0.2) is 5.65 Å². The lowest BCUT2D eigenvalue weighted by atomic mass is 10.2. The van der Waals surface area contributed by atoms with Crippen molar-refractivity contribution in [1.29, 1.82) is 0 Å². The minimum absolute atomic E-state index is 0.106. The lowest BCUT2D eigenvalue weighted by Gasteiger charge is -2.07. The van der Waals surface area contributed by atoms with E-state index in [1.54, 1.807) is 24.3 Å². The number of rotatable bonds is 3. The molecule has 0 bridgehead atoms. The molecule has 9 nitrogen and oxygen atoms in total. The SMILES string of the molecule is COc1nc2c(cc1[N+](=O)[O-])c(=O)c(C(=O)O)c1sc3ccccc3n12. The summed E-state index contributed by atoms with van der Waals surface area (Å²) < 4.78 is 7.26. The van der Waals surface area contributed by atoms with Gasteiger partial charge in [-0.1, -0.05) is 12.1 Å². The molecule has 4 rings (SSSR count). The fourth-order valence-electron chi connectivity index (χ4n) is 2.88. The highest BCUT2D eigenvalue weighted by atomic mass is 32.1. The molecule has 4 aromatic rings. The van der Waals surface area contributed by atoms with E-state index in [1.807, 2.05) is 0 Å². The smallest absolute Gasteiger partial charge is 0.342 e. The predicted octanol–water partition coefficient (Wildman–Crippen LogP) is 2.68. The maximum atomic E-state index is 12.7. The molecule has 0 radical (unpaired) electrons. The molecule has 3 aromatic heterocycles. The van der Waals surface area contributed by atoms with Crippen molar-refractivity contribution in [3.05, 3.63) is 56.2 Å². The number of carboxylic acids is 1. The van der Waals surface area contributed by atoms with Crippen LogP contribution in [0.5, 0.6) is 5.88 Å². The molecular formula is C16H9N3O6S. The van der Waals surface area contributed by atoms with Crippen LogP contribution < -0.4 is 10.2 Å². The van der Waals surface area contributed by atoms with Crippen molar-refractivity contribution >= 4 is 49.1 Å². The number of nitro groups is 1. The summed E-state index contributed by atoms with van der Waals surface area (Å²) in [5, 5.41) is 20.6. The first kappa shape index (κ1) is 16.0. The number of pyridine rings is 2. The van der Waals surface area contributed by atoms with Crippen LogP contribution in [0.1, 0.15) is 10.4 Å². The van der Waals surface area contributed by atoms with E-state index in [0.717, 1.165) is 22.1 Å². The fourth-order valence-corrected chi connectivity index (χ4v) is 4.05.